The minimum Gasteiger partial charge on any atom is -0.390 e. The molecule has 1 heterocycles. The van der Waals surface area contributed by atoms with Crippen molar-refractivity contribution in [3.63, 3.8) is 0 Å². The first kappa shape index (κ1) is 14.5. The first-order valence-corrected chi connectivity index (χ1v) is 8.23. The van der Waals surface area contributed by atoms with Gasteiger partial charge in [-0.3, -0.25) is 0 Å². The summed E-state index contributed by atoms with van der Waals surface area (Å²) in [5, 5.41) is 10.2. The van der Waals surface area contributed by atoms with E-state index in [4.69, 9.17) is 0 Å². The summed E-state index contributed by atoms with van der Waals surface area (Å²) in [6, 6.07) is 6.73. The third-order valence-electron chi connectivity index (χ3n) is 3.79. The van der Waals surface area contributed by atoms with Crippen LogP contribution in [0, 0.1) is 6.92 Å². The number of aliphatic hydroxyl groups is 1. The van der Waals surface area contributed by atoms with Gasteiger partial charge in [-0.25, -0.2) is 8.42 Å². The molecule has 0 saturated carbocycles. The first-order chi connectivity index (χ1) is 8.90. The van der Waals surface area contributed by atoms with Gasteiger partial charge in [0.25, 0.3) is 0 Å². The Morgan fingerprint density at radius 2 is 2.00 bits per heavy atom. The number of hydrogen-bond donors (Lipinski definition) is 1. The van der Waals surface area contributed by atoms with Gasteiger partial charge in [-0.2, -0.15) is 0 Å². The Morgan fingerprint density at radius 3 is 2.53 bits per heavy atom. The van der Waals surface area contributed by atoms with Crippen molar-refractivity contribution >= 4 is 9.84 Å². The smallest absolute Gasteiger partial charge is 0.180 e. The molecule has 1 fully saturated rings. The van der Waals surface area contributed by atoms with E-state index in [9.17, 15) is 13.5 Å². The van der Waals surface area contributed by atoms with Crippen LogP contribution in [0.4, 0.5) is 0 Å². The number of rotatable bonds is 4. The van der Waals surface area contributed by atoms with Crippen LogP contribution in [0.1, 0.15) is 18.4 Å². The molecule has 1 saturated heterocycles. The highest BCUT2D eigenvalue weighted by Crippen LogP contribution is 2.21. The zero-order valence-corrected chi connectivity index (χ0v) is 12.2. The predicted molar refractivity (Wildman–Crippen MR) is 74.9 cm³/mol. The fourth-order valence-electron chi connectivity index (χ4n) is 2.60. The molecule has 1 aromatic rings. The van der Waals surface area contributed by atoms with Crippen LogP contribution in [0.2, 0.25) is 0 Å². The fraction of sp³-hybridized carbons (Fsp3) is 0.571. The number of hydrogen-bond acceptors (Lipinski definition) is 4. The lowest BCUT2D eigenvalue weighted by Crippen LogP contribution is -2.40. The topological polar surface area (TPSA) is 57.6 Å². The van der Waals surface area contributed by atoms with Gasteiger partial charge in [-0.15, -0.1) is 0 Å². The lowest BCUT2D eigenvalue weighted by atomic mass is 10.1. The van der Waals surface area contributed by atoms with Gasteiger partial charge in [0, 0.05) is 6.04 Å². The molecule has 1 aliphatic rings. The molecule has 19 heavy (non-hydrogen) atoms. The van der Waals surface area contributed by atoms with Crippen molar-refractivity contribution in [1.82, 2.24) is 4.90 Å². The summed E-state index contributed by atoms with van der Waals surface area (Å²) in [6.07, 6.45) is 1.06. The van der Waals surface area contributed by atoms with Gasteiger partial charge >= 0.3 is 0 Å². The Kier molecular flexibility index (Phi) is 4.28. The van der Waals surface area contributed by atoms with E-state index in [0.29, 0.717) is 0 Å². The number of likely N-dealkylation sites (tertiary alicyclic amines) is 1. The Labute approximate surface area is 115 Å². The van der Waals surface area contributed by atoms with Gasteiger partial charge in [-0.05, 0) is 45.5 Å². The van der Waals surface area contributed by atoms with Crippen molar-refractivity contribution in [2.75, 3.05) is 19.3 Å². The van der Waals surface area contributed by atoms with Crippen molar-refractivity contribution in [2.24, 2.45) is 0 Å². The van der Waals surface area contributed by atoms with Crippen LogP contribution >= 0.6 is 0 Å². The van der Waals surface area contributed by atoms with Crippen molar-refractivity contribution in [1.29, 1.82) is 0 Å². The summed E-state index contributed by atoms with van der Waals surface area (Å²) in [6.45, 7) is 2.84. The van der Waals surface area contributed by atoms with Gasteiger partial charge < -0.3 is 10.0 Å². The van der Waals surface area contributed by atoms with Gasteiger partial charge in [0.1, 0.15) is 0 Å². The molecule has 1 aliphatic heterocycles. The zero-order valence-electron chi connectivity index (χ0n) is 11.4. The van der Waals surface area contributed by atoms with E-state index >= 15 is 0 Å². The van der Waals surface area contributed by atoms with E-state index in [0.717, 1.165) is 24.9 Å². The number of nitrogens with zero attached hydrogens (tertiary/aromatic N) is 1. The fourth-order valence-corrected chi connectivity index (χ4v) is 4.01. The van der Waals surface area contributed by atoms with Crippen LogP contribution in [0.3, 0.4) is 0 Å². The monoisotopic (exact) mass is 283 g/mol. The summed E-state index contributed by atoms with van der Waals surface area (Å²) < 4.78 is 24.5. The summed E-state index contributed by atoms with van der Waals surface area (Å²) >= 11 is 0. The maximum absolute atomic E-state index is 12.2. The highest BCUT2D eigenvalue weighted by Gasteiger charge is 2.31. The highest BCUT2D eigenvalue weighted by atomic mass is 32.2. The van der Waals surface area contributed by atoms with Gasteiger partial charge in [-0.1, -0.05) is 17.7 Å². The lowest BCUT2D eigenvalue weighted by molar-refractivity contribution is 0.103. The van der Waals surface area contributed by atoms with E-state index < -0.39 is 15.9 Å². The van der Waals surface area contributed by atoms with Crippen molar-refractivity contribution < 1.29 is 13.5 Å². The van der Waals surface area contributed by atoms with Gasteiger partial charge in [0.05, 0.1) is 16.8 Å². The average molecular weight is 283 g/mol. The molecular formula is C14H21NO3S. The molecule has 2 rings (SSSR count). The quantitative estimate of drug-likeness (QED) is 0.903. The first-order valence-electron chi connectivity index (χ1n) is 6.58. The number of sulfone groups is 1. The van der Waals surface area contributed by atoms with E-state index in [1.807, 2.05) is 18.9 Å². The number of aliphatic hydroxyl groups excluding tert-OH is 1. The normalized spacial score (nSPS) is 22.6. The summed E-state index contributed by atoms with van der Waals surface area (Å²) in [4.78, 5) is 2.33. The van der Waals surface area contributed by atoms with Crippen LogP contribution in [0.25, 0.3) is 0 Å². The van der Waals surface area contributed by atoms with E-state index in [1.54, 1.807) is 24.3 Å². The SMILES string of the molecule is Cc1ccc(S(=O)(=O)C[C@@H](O)[C@@H]2CCCN2C)cc1. The Bertz CT molecular complexity index is 524. The van der Waals surface area contributed by atoms with Crippen molar-refractivity contribution in [2.45, 2.75) is 36.8 Å². The molecule has 1 aromatic carbocycles. The molecule has 0 spiro atoms. The van der Waals surface area contributed by atoms with Crippen LogP contribution in [0.15, 0.2) is 29.2 Å². The maximum atomic E-state index is 12.2. The zero-order chi connectivity index (χ0) is 14.0. The van der Waals surface area contributed by atoms with Crippen LogP contribution < -0.4 is 0 Å². The molecule has 106 valence electrons. The second-order valence-corrected chi connectivity index (χ2v) is 7.39. The molecule has 2 atom stereocenters. The minimum absolute atomic E-state index is 0.0415. The number of likely N-dealkylation sites (N-methyl/N-ethyl adjacent to an activating group) is 1. The van der Waals surface area contributed by atoms with E-state index in [-0.39, 0.29) is 16.7 Å². The molecular weight excluding hydrogens is 262 g/mol. The molecule has 0 radical (unpaired) electrons. The van der Waals surface area contributed by atoms with Gasteiger partial charge in [0.2, 0.25) is 0 Å². The number of aryl methyl sites for hydroxylation is 1. The Morgan fingerprint density at radius 1 is 1.37 bits per heavy atom. The summed E-state index contributed by atoms with van der Waals surface area (Å²) in [5.41, 5.74) is 1.02. The maximum Gasteiger partial charge on any atom is 0.180 e. The third-order valence-corrected chi connectivity index (χ3v) is 5.56. The third kappa shape index (κ3) is 3.35. The molecule has 1 N–H and O–H groups in total. The molecule has 0 amide bonds. The Balaban J connectivity index is 2.10. The molecule has 4 nitrogen and oxygen atoms in total. The standard InChI is InChI=1S/C14H21NO3S/c1-11-5-7-12(8-6-11)19(17,18)10-14(16)13-4-3-9-15(13)2/h5-8,13-14,16H,3-4,9-10H2,1-2H3/t13-,14+/m0/s1. The molecule has 0 aliphatic carbocycles. The predicted octanol–water partition coefficient (Wildman–Crippen LogP) is 1.22. The second kappa shape index (κ2) is 5.61. The lowest BCUT2D eigenvalue weighted by Gasteiger charge is -2.24. The molecule has 0 unspecified atom stereocenters. The van der Waals surface area contributed by atoms with E-state index in [2.05, 4.69) is 0 Å². The van der Waals surface area contributed by atoms with Crippen molar-refractivity contribution in [3.05, 3.63) is 29.8 Å². The highest BCUT2D eigenvalue weighted by molar-refractivity contribution is 7.91. The molecule has 5 heteroatoms. The van der Waals surface area contributed by atoms with Crippen molar-refractivity contribution in [3.8, 4) is 0 Å². The van der Waals surface area contributed by atoms with Gasteiger partial charge in [0.15, 0.2) is 9.84 Å². The summed E-state index contributed by atoms with van der Waals surface area (Å²) in [7, 11) is -1.48. The van der Waals surface area contributed by atoms with Crippen LogP contribution in [-0.4, -0.2) is 49.9 Å². The van der Waals surface area contributed by atoms with Crippen LogP contribution in [0.5, 0.6) is 0 Å². The summed E-state index contributed by atoms with van der Waals surface area (Å²) in [5.74, 6) is -0.203. The average Bonchev–Trinajstić information content (AvgIpc) is 2.75. The molecule has 0 bridgehead atoms. The largest absolute Gasteiger partial charge is 0.390 e. The Hall–Kier alpha value is -0.910. The van der Waals surface area contributed by atoms with E-state index in [1.165, 1.54) is 0 Å². The minimum atomic E-state index is -3.41. The van der Waals surface area contributed by atoms with Crippen LogP contribution in [-0.2, 0) is 9.84 Å². The number of benzene rings is 1. The second-order valence-electron chi connectivity index (χ2n) is 5.35. The molecule has 0 aromatic heterocycles.